The molecule has 0 bridgehead atoms. The third-order valence-corrected chi connectivity index (χ3v) is 6.01. The topological polar surface area (TPSA) is 92.3 Å². The average molecular weight is 399 g/mol. The van der Waals surface area contributed by atoms with Crippen molar-refractivity contribution < 1.29 is 17.9 Å². The zero-order valence-corrected chi connectivity index (χ0v) is 17.1. The SMILES string of the molecule is CCNC(=NCc1ccc(OC)cc1OC)NCCN1CCS(=O)(=O)CC1. The predicted octanol–water partition coefficient (Wildman–Crippen LogP) is 0.489. The summed E-state index contributed by atoms with van der Waals surface area (Å²) in [5.74, 6) is 2.70. The van der Waals surface area contributed by atoms with Crippen molar-refractivity contribution in [3.05, 3.63) is 23.8 Å². The van der Waals surface area contributed by atoms with Gasteiger partial charge in [0.2, 0.25) is 0 Å². The van der Waals surface area contributed by atoms with Gasteiger partial charge in [0.05, 0.1) is 32.3 Å². The predicted molar refractivity (Wildman–Crippen MR) is 107 cm³/mol. The van der Waals surface area contributed by atoms with Gasteiger partial charge >= 0.3 is 0 Å². The highest BCUT2D eigenvalue weighted by atomic mass is 32.2. The van der Waals surface area contributed by atoms with Gasteiger partial charge in [-0.25, -0.2) is 13.4 Å². The van der Waals surface area contributed by atoms with Gasteiger partial charge in [-0.3, -0.25) is 4.90 Å². The molecule has 1 heterocycles. The van der Waals surface area contributed by atoms with Gasteiger partial charge in [-0.1, -0.05) is 0 Å². The maximum Gasteiger partial charge on any atom is 0.191 e. The number of methoxy groups -OCH3 is 2. The van der Waals surface area contributed by atoms with Crippen molar-refractivity contribution in [1.82, 2.24) is 15.5 Å². The van der Waals surface area contributed by atoms with Crippen LogP contribution in [0.25, 0.3) is 0 Å². The van der Waals surface area contributed by atoms with Crippen LogP contribution >= 0.6 is 0 Å². The molecule has 0 aromatic heterocycles. The highest BCUT2D eigenvalue weighted by Gasteiger charge is 2.20. The fourth-order valence-electron chi connectivity index (χ4n) is 2.79. The number of hydrogen-bond donors (Lipinski definition) is 2. The fourth-order valence-corrected chi connectivity index (χ4v) is 4.07. The molecule has 0 atom stereocenters. The number of sulfone groups is 1. The summed E-state index contributed by atoms with van der Waals surface area (Å²) in [6, 6.07) is 5.67. The quantitative estimate of drug-likeness (QED) is 0.486. The smallest absolute Gasteiger partial charge is 0.191 e. The number of guanidine groups is 1. The van der Waals surface area contributed by atoms with Crippen molar-refractivity contribution >= 4 is 15.8 Å². The molecule has 0 saturated carbocycles. The number of ether oxygens (including phenoxy) is 2. The minimum atomic E-state index is -2.84. The molecule has 1 aliphatic rings. The lowest BCUT2D eigenvalue weighted by molar-refractivity contribution is 0.299. The molecule has 0 unspecified atom stereocenters. The molecule has 0 amide bonds. The van der Waals surface area contributed by atoms with Crippen LogP contribution in [-0.4, -0.2) is 77.7 Å². The normalized spacial score (nSPS) is 17.4. The van der Waals surface area contributed by atoms with Gasteiger partial charge in [0, 0.05) is 44.4 Å². The summed E-state index contributed by atoms with van der Waals surface area (Å²) in [5, 5.41) is 6.52. The molecule has 1 aromatic carbocycles. The molecular weight excluding hydrogens is 368 g/mol. The number of rotatable bonds is 8. The van der Waals surface area contributed by atoms with Gasteiger partial charge in [0.25, 0.3) is 0 Å². The monoisotopic (exact) mass is 398 g/mol. The number of aliphatic imine (C=N–C) groups is 1. The largest absolute Gasteiger partial charge is 0.497 e. The Hall–Kier alpha value is -2.00. The van der Waals surface area contributed by atoms with Crippen LogP contribution in [0, 0.1) is 0 Å². The summed E-state index contributed by atoms with van der Waals surface area (Å²) < 4.78 is 33.6. The van der Waals surface area contributed by atoms with Crippen LogP contribution in [0.15, 0.2) is 23.2 Å². The number of hydrogen-bond acceptors (Lipinski definition) is 6. The van der Waals surface area contributed by atoms with Crippen LogP contribution in [0.3, 0.4) is 0 Å². The Kier molecular flexibility index (Phi) is 8.18. The Balaban J connectivity index is 1.89. The van der Waals surface area contributed by atoms with Gasteiger partial charge in [-0.05, 0) is 19.1 Å². The van der Waals surface area contributed by atoms with E-state index in [4.69, 9.17) is 9.47 Å². The molecule has 2 N–H and O–H groups in total. The molecule has 152 valence electrons. The van der Waals surface area contributed by atoms with Crippen LogP contribution in [0.5, 0.6) is 11.5 Å². The van der Waals surface area contributed by atoms with Crippen LogP contribution in [0.2, 0.25) is 0 Å². The first-order valence-electron chi connectivity index (χ1n) is 9.13. The lowest BCUT2D eigenvalue weighted by Crippen LogP contribution is -2.45. The first-order valence-corrected chi connectivity index (χ1v) is 11.0. The second-order valence-corrected chi connectivity index (χ2v) is 8.60. The zero-order chi connectivity index (χ0) is 19.7. The first-order chi connectivity index (χ1) is 13.0. The Morgan fingerprint density at radius 2 is 1.93 bits per heavy atom. The van der Waals surface area contributed by atoms with Crippen LogP contribution in [0.4, 0.5) is 0 Å². The van der Waals surface area contributed by atoms with Crippen molar-refractivity contribution in [2.45, 2.75) is 13.5 Å². The first kappa shape index (κ1) is 21.3. The van der Waals surface area contributed by atoms with Crippen LogP contribution in [-0.2, 0) is 16.4 Å². The van der Waals surface area contributed by atoms with E-state index in [2.05, 4.69) is 20.5 Å². The Morgan fingerprint density at radius 1 is 1.19 bits per heavy atom. The van der Waals surface area contributed by atoms with E-state index < -0.39 is 9.84 Å². The molecule has 0 aliphatic carbocycles. The van der Waals surface area contributed by atoms with E-state index >= 15 is 0 Å². The van der Waals surface area contributed by atoms with E-state index in [1.54, 1.807) is 14.2 Å². The highest BCUT2D eigenvalue weighted by Crippen LogP contribution is 2.25. The molecule has 8 nitrogen and oxygen atoms in total. The number of benzene rings is 1. The Morgan fingerprint density at radius 3 is 2.56 bits per heavy atom. The molecule has 0 radical (unpaired) electrons. The van der Waals surface area contributed by atoms with Gasteiger partial charge in [0.1, 0.15) is 11.5 Å². The third kappa shape index (κ3) is 6.91. The Labute approximate surface area is 161 Å². The fraction of sp³-hybridized carbons (Fsp3) is 0.611. The van der Waals surface area contributed by atoms with Crippen molar-refractivity contribution in [3.8, 4) is 11.5 Å². The maximum absolute atomic E-state index is 11.5. The van der Waals surface area contributed by atoms with Gasteiger partial charge < -0.3 is 20.1 Å². The van der Waals surface area contributed by atoms with Crippen LogP contribution in [0.1, 0.15) is 12.5 Å². The second kappa shape index (κ2) is 10.4. The second-order valence-electron chi connectivity index (χ2n) is 6.29. The summed E-state index contributed by atoms with van der Waals surface area (Å²) in [6.45, 7) is 5.93. The zero-order valence-electron chi connectivity index (χ0n) is 16.3. The molecular formula is C18H30N4O4S. The van der Waals surface area contributed by atoms with Crippen molar-refractivity contribution in [1.29, 1.82) is 0 Å². The van der Waals surface area contributed by atoms with Gasteiger partial charge in [-0.2, -0.15) is 0 Å². The summed E-state index contributed by atoms with van der Waals surface area (Å²) in [4.78, 5) is 6.77. The highest BCUT2D eigenvalue weighted by molar-refractivity contribution is 7.91. The lowest BCUT2D eigenvalue weighted by Gasteiger charge is -2.26. The Bertz CT molecular complexity index is 723. The minimum absolute atomic E-state index is 0.248. The van der Waals surface area contributed by atoms with Crippen molar-refractivity contribution in [2.75, 3.05) is 58.4 Å². The summed E-state index contributed by atoms with van der Waals surface area (Å²) in [6.07, 6.45) is 0. The van der Waals surface area contributed by atoms with E-state index in [0.717, 1.165) is 36.1 Å². The summed E-state index contributed by atoms with van der Waals surface area (Å²) in [7, 11) is 0.416. The molecule has 2 rings (SSSR count). The third-order valence-electron chi connectivity index (χ3n) is 4.40. The molecule has 0 spiro atoms. The van der Waals surface area contributed by atoms with Crippen molar-refractivity contribution in [3.63, 3.8) is 0 Å². The van der Waals surface area contributed by atoms with Crippen molar-refractivity contribution in [2.24, 2.45) is 4.99 Å². The lowest BCUT2D eigenvalue weighted by atomic mass is 10.2. The van der Waals surface area contributed by atoms with E-state index in [9.17, 15) is 8.42 Å². The standard InChI is InChI=1S/C18H30N4O4S/c1-4-19-18(20-7-8-22-9-11-27(23,24)12-10-22)21-14-15-5-6-16(25-2)13-17(15)26-3/h5-6,13H,4,7-12,14H2,1-3H3,(H2,19,20,21). The maximum atomic E-state index is 11.5. The average Bonchev–Trinajstić information content (AvgIpc) is 2.67. The summed E-state index contributed by atoms with van der Waals surface area (Å²) in [5.41, 5.74) is 0.969. The van der Waals surface area contributed by atoms with Crippen LogP contribution < -0.4 is 20.1 Å². The molecule has 1 aromatic rings. The van der Waals surface area contributed by atoms with E-state index in [1.807, 2.05) is 25.1 Å². The molecule has 1 fully saturated rings. The van der Waals surface area contributed by atoms with Gasteiger partial charge in [0.15, 0.2) is 15.8 Å². The number of nitrogens with zero attached hydrogens (tertiary/aromatic N) is 2. The van der Waals surface area contributed by atoms with E-state index in [0.29, 0.717) is 26.2 Å². The minimum Gasteiger partial charge on any atom is -0.497 e. The molecule has 1 saturated heterocycles. The molecule has 9 heteroatoms. The molecule has 27 heavy (non-hydrogen) atoms. The van der Waals surface area contributed by atoms with Gasteiger partial charge in [-0.15, -0.1) is 0 Å². The van der Waals surface area contributed by atoms with E-state index in [-0.39, 0.29) is 11.5 Å². The molecule has 1 aliphatic heterocycles. The number of nitrogens with one attached hydrogen (secondary N) is 2. The summed E-state index contributed by atoms with van der Waals surface area (Å²) >= 11 is 0. The van der Waals surface area contributed by atoms with E-state index in [1.165, 1.54) is 0 Å².